The summed E-state index contributed by atoms with van der Waals surface area (Å²) in [5.74, 6) is -0.485. The Labute approximate surface area is 130 Å². The van der Waals surface area contributed by atoms with Crippen molar-refractivity contribution in [2.75, 3.05) is 6.54 Å². The van der Waals surface area contributed by atoms with Crippen LogP contribution >= 0.6 is 0 Å². The van der Waals surface area contributed by atoms with Crippen molar-refractivity contribution in [3.8, 4) is 0 Å². The van der Waals surface area contributed by atoms with Crippen molar-refractivity contribution in [1.82, 2.24) is 15.4 Å². The van der Waals surface area contributed by atoms with Crippen LogP contribution in [0.2, 0.25) is 0 Å². The topological polar surface area (TPSA) is 65.5 Å². The summed E-state index contributed by atoms with van der Waals surface area (Å²) in [6.45, 7) is 1.97. The molecule has 0 aromatic carbocycles. The Kier molecular flexibility index (Phi) is 3.42. The normalized spacial score (nSPS) is 26.5. The molecule has 2 heterocycles. The van der Waals surface area contributed by atoms with Crippen molar-refractivity contribution in [3.63, 3.8) is 0 Å². The second kappa shape index (κ2) is 5.32. The largest absolute Gasteiger partial charge is 0.294 e. The quantitative estimate of drug-likeness (QED) is 0.650. The fraction of sp³-hybridized carbons (Fsp3) is 0.647. The lowest BCUT2D eigenvalue weighted by atomic mass is 9.62. The van der Waals surface area contributed by atoms with E-state index >= 15 is 0 Å². The number of hydrogen-bond acceptors (Lipinski definition) is 4. The van der Waals surface area contributed by atoms with Crippen molar-refractivity contribution in [2.24, 2.45) is 5.41 Å². The smallest absolute Gasteiger partial charge is 0.276 e. The number of aromatic nitrogens is 1. The molecule has 1 spiro atoms. The molecule has 1 aliphatic heterocycles. The summed E-state index contributed by atoms with van der Waals surface area (Å²) in [5.41, 5.74) is 4.97. The van der Waals surface area contributed by atoms with Gasteiger partial charge in [0.1, 0.15) is 0 Å². The number of fused-ring (bicyclic) bond motifs is 1. The highest BCUT2D eigenvalue weighted by molar-refractivity contribution is 5.93. The molecule has 5 heteroatoms. The van der Waals surface area contributed by atoms with Gasteiger partial charge in [-0.25, -0.2) is 5.48 Å². The molecule has 1 atom stereocenters. The summed E-state index contributed by atoms with van der Waals surface area (Å²) >= 11 is 0. The summed E-state index contributed by atoms with van der Waals surface area (Å²) in [7, 11) is 0. The molecule has 0 radical (unpaired) electrons. The molecule has 1 amide bonds. The second-order valence-electron chi connectivity index (χ2n) is 7.12. The highest BCUT2D eigenvalue weighted by atomic mass is 16.5. The minimum atomic E-state index is -0.485. The maximum Gasteiger partial charge on any atom is 0.276 e. The van der Waals surface area contributed by atoms with Gasteiger partial charge in [0.15, 0.2) is 0 Å². The number of carbonyl (C=O) groups excluding carboxylic acids is 1. The van der Waals surface area contributed by atoms with Gasteiger partial charge in [-0.1, -0.05) is 12.8 Å². The number of carbonyl (C=O) groups is 1. The SMILES string of the molecule is O=C(NO)c1cnc2c(c1)CCN([C@H]1CCC13CCCC3)C2. The number of hydrogen-bond donors (Lipinski definition) is 2. The number of amides is 1. The average molecular weight is 301 g/mol. The van der Waals surface area contributed by atoms with E-state index in [0.29, 0.717) is 11.0 Å². The van der Waals surface area contributed by atoms with Gasteiger partial charge >= 0.3 is 0 Å². The molecule has 1 aromatic heterocycles. The number of nitrogens with zero attached hydrogens (tertiary/aromatic N) is 2. The van der Waals surface area contributed by atoms with E-state index in [1.165, 1.54) is 38.5 Å². The molecular formula is C17H23N3O2. The molecule has 0 unspecified atom stereocenters. The lowest BCUT2D eigenvalue weighted by molar-refractivity contribution is -0.0305. The van der Waals surface area contributed by atoms with Crippen LogP contribution in [0.1, 0.15) is 60.1 Å². The van der Waals surface area contributed by atoms with Gasteiger partial charge in [-0.3, -0.25) is 19.9 Å². The Morgan fingerprint density at radius 3 is 2.86 bits per heavy atom. The van der Waals surface area contributed by atoms with E-state index in [4.69, 9.17) is 5.21 Å². The van der Waals surface area contributed by atoms with E-state index in [-0.39, 0.29) is 0 Å². The monoisotopic (exact) mass is 301 g/mol. The Morgan fingerprint density at radius 2 is 2.18 bits per heavy atom. The van der Waals surface area contributed by atoms with Crippen molar-refractivity contribution in [3.05, 3.63) is 29.1 Å². The summed E-state index contributed by atoms with van der Waals surface area (Å²) in [4.78, 5) is 18.6. The van der Waals surface area contributed by atoms with Gasteiger partial charge < -0.3 is 0 Å². The highest BCUT2D eigenvalue weighted by Crippen LogP contribution is 2.55. The third-order valence-corrected chi connectivity index (χ3v) is 6.11. The Hall–Kier alpha value is -1.46. The van der Waals surface area contributed by atoms with Crippen LogP contribution in [0, 0.1) is 5.41 Å². The van der Waals surface area contributed by atoms with Gasteiger partial charge in [-0.05, 0) is 49.1 Å². The number of rotatable bonds is 2. The van der Waals surface area contributed by atoms with Crippen LogP contribution in [0.4, 0.5) is 0 Å². The molecule has 118 valence electrons. The van der Waals surface area contributed by atoms with E-state index in [0.717, 1.165) is 36.8 Å². The lowest BCUT2D eigenvalue weighted by Crippen LogP contribution is -2.55. The summed E-state index contributed by atoms with van der Waals surface area (Å²) in [6.07, 6.45) is 10.9. The fourth-order valence-corrected chi connectivity index (χ4v) is 4.80. The van der Waals surface area contributed by atoms with Crippen molar-refractivity contribution in [2.45, 2.75) is 57.5 Å². The molecule has 4 rings (SSSR count). The zero-order valence-corrected chi connectivity index (χ0v) is 12.8. The average Bonchev–Trinajstić information content (AvgIpc) is 3.05. The van der Waals surface area contributed by atoms with Crippen LogP contribution in [0.3, 0.4) is 0 Å². The molecule has 2 fully saturated rings. The van der Waals surface area contributed by atoms with Crippen molar-refractivity contribution < 1.29 is 10.0 Å². The third-order valence-electron chi connectivity index (χ3n) is 6.11. The first kappa shape index (κ1) is 14.2. The van der Waals surface area contributed by atoms with Gasteiger partial charge in [-0.15, -0.1) is 0 Å². The summed E-state index contributed by atoms with van der Waals surface area (Å²) in [6, 6.07) is 2.61. The van der Waals surface area contributed by atoms with Crippen LogP contribution in [-0.4, -0.2) is 33.6 Å². The number of hydroxylamine groups is 1. The molecule has 2 aliphatic carbocycles. The molecule has 0 saturated heterocycles. The predicted molar refractivity (Wildman–Crippen MR) is 81.5 cm³/mol. The van der Waals surface area contributed by atoms with Crippen molar-refractivity contribution in [1.29, 1.82) is 0 Å². The van der Waals surface area contributed by atoms with Crippen LogP contribution < -0.4 is 5.48 Å². The van der Waals surface area contributed by atoms with E-state index in [1.807, 2.05) is 6.07 Å². The number of pyridine rings is 1. The van der Waals surface area contributed by atoms with Gasteiger partial charge in [0, 0.05) is 25.3 Å². The van der Waals surface area contributed by atoms with Crippen LogP contribution in [0.25, 0.3) is 0 Å². The minimum absolute atomic E-state index is 0.436. The molecule has 1 aromatic rings. The third kappa shape index (κ3) is 2.15. The fourth-order valence-electron chi connectivity index (χ4n) is 4.80. The molecule has 2 N–H and O–H groups in total. The van der Waals surface area contributed by atoms with E-state index < -0.39 is 5.91 Å². The predicted octanol–water partition coefficient (Wildman–Crippen LogP) is 2.28. The molecule has 5 nitrogen and oxygen atoms in total. The lowest BCUT2D eigenvalue weighted by Gasteiger charge is -2.53. The Balaban J connectivity index is 1.51. The summed E-state index contributed by atoms with van der Waals surface area (Å²) < 4.78 is 0. The first-order valence-corrected chi connectivity index (χ1v) is 8.38. The zero-order chi connectivity index (χ0) is 15.2. The van der Waals surface area contributed by atoms with Gasteiger partial charge in [0.2, 0.25) is 0 Å². The minimum Gasteiger partial charge on any atom is -0.294 e. The Bertz CT molecular complexity index is 596. The van der Waals surface area contributed by atoms with Crippen LogP contribution in [-0.2, 0) is 13.0 Å². The zero-order valence-electron chi connectivity index (χ0n) is 12.8. The first-order valence-electron chi connectivity index (χ1n) is 8.38. The highest BCUT2D eigenvalue weighted by Gasteiger charge is 2.50. The van der Waals surface area contributed by atoms with Crippen molar-refractivity contribution >= 4 is 5.91 Å². The second-order valence-corrected chi connectivity index (χ2v) is 7.12. The van der Waals surface area contributed by atoms with E-state index in [9.17, 15) is 4.79 Å². The maximum absolute atomic E-state index is 11.5. The van der Waals surface area contributed by atoms with Gasteiger partial charge in [-0.2, -0.15) is 0 Å². The van der Waals surface area contributed by atoms with Gasteiger partial charge in [0.25, 0.3) is 5.91 Å². The van der Waals surface area contributed by atoms with Gasteiger partial charge in [0.05, 0.1) is 11.3 Å². The van der Waals surface area contributed by atoms with E-state index in [1.54, 1.807) is 11.7 Å². The molecule has 22 heavy (non-hydrogen) atoms. The van der Waals surface area contributed by atoms with Crippen LogP contribution in [0.15, 0.2) is 12.3 Å². The van der Waals surface area contributed by atoms with E-state index in [2.05, 4.69) is 9.88 Å². The Morgan fingerprint density at radius 1 is 1.36 bits per heavy atom. The molecule has 3 aliphatic rings. The summed E-state index contributed by atoms with van der Waals surface area (Å²) in [5, 5.41) is 8.73. The number of nitrogens with one attached hydrogen (secondary N) is 1. The van der Waals surface area contributed by atoms with Crippen LogP contribution in [0.5, 0.6) is 0 Å². The molecule has 0 bridgehead atoms. The standard InChI is InChI=1S/C17H23N3O2/c21-16(19-22)13-9-12-4-8-20(11-14(12)18-10-13)15-3-7-17(15)5-1-2-6-17/h9-10,15,22H,1-8,11H2,(H,19,21)/t15-/m0/s1. The maximum atomic E-state index is 11.5. The molecular weight excluding hydrogens is 278 g/mol. The first-order chi connectivity index (χ1) is 10.7. The molecule has 2 saturated carbocycles.